The van der Waals surface area contributed by atoms with Crippen LogP contribution in [0.2, 0.25) is 0 Å². The van der Waals surface area contributed by atoms with E-state index in [9.17, 15) is 33.3 Å². The van der Waals surface area contributed by atoms with E-state index in [-0.39, 0.29) is 17.1 Å². The van der Waals surface area contributed by atoms with Crippen LogP contribution in [-0.4, -0.2) is 10.8 Å². The Morgan fingerprint density at radius 3 is 2.30 bits per heavy atom. The van der Waals surface area contributed by atoms with Gasteiger partial charge in [0.15, 0.2) is 0 Å². The second-order valence-corrected chi connectivity index (χ2v) is 6.60. The molecule has 33 heavy (non-hydrogen) atoms. The number of amides is 1. The predicted octanol–water partition coefficient (Wildman–Crippen LogP) is 5.95. The van der Waals surface area contributed by atoms with Crippen molar-refractivity contribution in [2.24, 2.45) is 0 Å². The molecule has 0 radical (unpaired) electrons. The first-order valence-corrected chi connectivity index (χ1v) is 9.29. The molecular weight excluding hydrogens is 439 g/mol. The number of nitrogens with one attached hydrogen (secondary N) is 1. The number of benzene rings is 3. The summed E-state index contributed by atoms with van der Waals surface area (Å²) in [5.41, 5.74) is -1.18. The number of nitro benzene ring substituents is 1. The number of nitrogens with zero attached hydrogens (tertiary/aromatic N) is 2. The molecule has 0 aliphatic carbocycles. The van der Waals surface area contributed by atoms with Gasteiger partial charge in [0.25, 0.3) is 5.91 Å². The zero-order valence-electron chi connectivity index (χ0n) is 16.7. The lowest BCUT2D eigenvalue weighted by atomic mass is 10.1. The van der Waals surface area contributed by atoms with Gasteiger partial charge in [0.2, 0.25) is 5.75 Å². The van der Waals surface area contributed by atoms with Crippen LogP contribution in [0.4, 0.5) is 24.5 Å². The summed E-state index contributed by atoms with van der Waals surface area (Å²) >= 11 is 0. The lowest BCUT2D eigenvalue weighted by Gasteiger charge is -2.10. The Labute approximate surface area is 185 Å². The molecule has 1 N–H and O–H groups in total. The standard InChI is InChI=1S/C23H14F3N3O4/c24-23(25,26)17-8-11-21(20(13-17)29(31)32)33-19-9-6-15(7-10-19)12-16(14-27)22(30)28-18-4-2-1-3-5-18/h1-13H,(H,28,30)/b16-12-. The van der Waals surface area contributed by atoms with Gasteiger partial charge in [0, 0.05) is 11.8 Å². The van der Waals surface area contributed by atoms with Crippen LogP contribution >= 0.6 is 0 Å². The summed E-state index contributed by atoms with van der Waals surface area (Å²) in [6.07, 6.45) is -3.40. The molecule has 0 saturated heterocycles. The van der Waals surface area contributed by atoms with Gasteiger partial charge in [-0.25, -0.2) is 0 Å². The number of nitro groups is 1. The van der Waals surface area contributed by atoms with Crippen LogP contribution in [0.25, 0.3) is 6.08 Å². The van der Waals surface area contributed by atoms with E-state index in [1.165, 1.54) is 30.3 Å². The fourth-order valence-electron chi connectivity index (χ4n) is 2.72. The molecule has 0 aromatic heterocycles. The molecule has 166 valence electrons. The number of alkyl halides is 3. The quantitative estimate of drug-likeness (QED) is 0.215. The molecule has 3 rings (SSSR count). The Hall–Kier alpha value is -4.65. The molecule has 0 aliphatic rings. The Morgan fingerprint density at radius 2 is 1.73 bits per heavy atom. The van der Waals surface area contributed by atoms with Gasteiger partial charge in [-0.3, -0.25) is 14.9 Å². The van der Waals surface area contributed by atoms with Crippen molar-refractivity contribution in [1.82, 2.24) is 0 Å². The zero-order chi connectivity index (χ0) is 24.0. The maximum atomic E-state index is 12.8. The molecular formula is C23H14F3N3O4. The molecule has 0 bridgehead atoms. The Morgan fingerprint density at radius 1 is 1.06 bits per heavy atom. The number of hydrogen-bond donors (Lipinski definition) is 1. The minimum atomic E-state index is -4.73. The van der Waals surface area contributed by atoms with E-state index < -0.39 is 28.3 Å². The van der Waals surface area contributed by atoms with E-state index in [2.05, 4.69) is 5.32 Å². The van der Waals surface area contributed by atoms with E-state index in [4.69, 9.17) is 4.74 Å². The van der Waals surface area contributed by atoms with Crippen molar-refractivity contribution in [3.8, 4) is 17.6 Å². The van der Waals surface area contributed by atoms with Gasteiger partial charge < -0.3 is 10.1 Å². The highest BCUT2D eigenvalue weighted by molar-refractivity contribution is 6.09. The number of ether oxygens (including phenoxy) is 1. The summed E-state index contributed by atoms with van der Waals surface area (Å²) in [5.74, 6) is -0.858. The van der Waals surface area contributed by atoms with Gasteiger partial charge >= 0.3 is 11.9 Å². The smallest absolute Gasteiger partial charge is 0.416 e. The van der Waals surface area contributed by atoms with Crippen molar-refractivity contribution in [2.75, 3.05) is 5.32 Å². The average molecular weight is 453 g/mol. The van der Waals surface area contributed by atoms with Crippen LogP contribution in [-0.2, 0) is 11.0 Å². The lowest BCUT2D eigenvalue weighted by molar-refractivity contribution is -0.385. The maximum Gasteiger partial charge on any atom is 0.416 e. The normalized spacial score (nSPS) is 11.4. The number of carbonyl (C=O) groups is 1. The van der Waals surface area contributed by atoms with E-state index in [1.807, 2.05) is 6.07 Å². The fraction of sp³-hybridized carbons (Fsp3) is 0.0435. The molecule has 0 fully saturated rings. The zero-order valence-corrected chi connectivity index (χ0v) is 16.7. The molecule has 3 aromatic carbocycles. The molecule has 0 spiro atoms. The molecule has 7 nitrogen and oxygen atoms in total. The number of halogens is 3. The van der Waals surface area contributed by atoms with Crippen LogP contribution in [0, 0.1) is 21.4 Å². The first-order chi connectivity index (χ1) is 15.7. The van der Waals surface area contributed by atoms with E-state index in [0.29, 0.717) is 23.4 Å². The molecule has 3 aromatic rings. The van der Waals surface area contributed by atoms with Crippen LogP contribution < -0.4 is 10.1 Å². The summed E-state index contributed by atoms with van der Waals surface area (Å²) in [4.78, 5) is 22.5. The SMILES string of the molecule is N#C/C(=C/c1ccc(Oc2ccc(C(F)(F)F)cc2[N+](=O)[O-])cc1)C(=O)Nc1ccccc1. The van der Waals surface area contributed by atoms with Crippen molar-refractivity contribution in [3.05, 3.63) is 99.6 Å². The van der Waals surface area contributed by atoms with Gasteiger partial charge in [-0.2, -0.15) is 18.4 Å². The third kappa shape index (κ3) is 5.95. The van der Waals surface area contributed by atoms with Crippen LogP contribution in [0.3, 0.4) is 0 Å². The van der Waals surface area contributed by atoms with Gasteiger partial charge in [0.05, 0.1) is 10.5 Å². The minimum Gasteiger partial charge on any atom is -0.450 e. The first kappa shape index (κ1) is 23.0. The van der Waals surface area contributed by atoms with Gasteiger partial charge in [-0.05, 0) is 48.0 Å². The largest absolute Gasteiger partial charge is 0.450 e. The van der Waals surface area contributed by atoms with Crippen molar-refractivity contribution < 1.29 is 27.6 Å². The van der Waals surface area contributed by atoms with Crippen molar-refractivity contribution in [1.29, 1.82) is 5.26 Å². The maximum absolute atomic E-state index is 12.8. The topological polar surface area (TPSA) is 105 Å². The summed E-state index contributed by atoms with van der Waals surface area (Å²) in [6, 6.07) is 18.1. The second-order valence-electron chi connectivity index (χ2n) is 6.60. The Bertz CT molecular complexity index is 1250. The monoisotopic (exact) mass is 453 g/mol. The highest BCUT2D eigenvalue weighted by atomic mass is 19.4. The van der Waals surface area contributed by atoms with Crippen LogP contribution in [0.15, 0.2) is 78.4 Å². The minimum absolute atomic E-state index is 0.113. The van der Waals surface area contributed by atoms with Gasteiger partial charge in [0.1, 0.15) is 17.4 Å². The second kappa shape index (κ2) is 9.65. The number of para-hydroxylation sites is 1. The summed E-state index contributed by atoms with van der Waals surface area (Å²) in [6.45, 7) is 0. The molecule has 0 atom stereocenters. The van der Waals surface area contributed by atoms with Crippen molar-refractivity contribution in [3.63, 3.8) is 0 Å². The number of anilines is 1. The average Bonchev–Trinajstić information content (AvgIpc) is 2.78. The fourth-order valence-corrected chi connectivity index (χ4v) is 2.72. The van der Waals surface area contributed by atoms with Crippen molar-refractivity contribution in [2.45, 2.75) is 6.18 Å². The number of carbonyl (C=O) groups excluding carboxylic acids is 1. The van der Waals surface area contributed by atoms with E-state index in [0.717, 1.165) is 6.07 Å². The summed E-state index contributed by atoms with van der Waals surface area (Å²) < 4.78 is 43.9. The highest BCUT2D eigenvalue weighted by Crippen LogP contribution is 2.37. The number of nitriles is 1. The third-order valence-electron chi connectivity index (χ3n) is 4.30. The molecule has 0 saturated carbocycles. The van der Waals surface area contributed by atoms with E-state index >= 15 is 0 Å². The highest BCUT2D eigenvalue weighted by Gasteiger charge is 2.33. The predicted molar refractivity (Wildman–Crippen MR) is 113 cm³/mol. The van der Waals surface area contributed by atoms with Crippen LogP contribution in [0.5, 0.6) is 11.5 Å². The van der Waals surface area contributed by atoms with E-state index in [1.54, 1.807) is 30.3 Å². The van der Waals surface area contributed by atoms with Crippen molar-refractivity contribution >= 4 is 23.4 Å². The molecule has 0 unspecified atom stereocenters. The number of hydrogen-bond acceptors (Lipinski definition) is 5. The Balaban J connectivity index is 1.78. The molecule has 10 heteroatoms. The third-order valence-corrected chi connectivity index (χ3v) is 4.30. The molecule has 0 aliphatic heterocycles. The van der Waals surface area contributed by atoms with Gasteiger partial charge in [-0.15, -0.1) is 0 Å². The summed E-state index contributed by atoms with van der Waals surface area (Å²) in [7, 11) is 0. The first-order valence-electron chi connectivity index (χ1n) is 9.29. The van der Waals surface area contributed by atoms with Gasteiger partial charge in [-0.1, -0.05) is 30.3 Å². The number of rotatable bonds is 6. The summed E-state index contributed by atoms with van der Waals surface area (Å²) in [5, 5.41) is 23.1. The molecule has 1 amide bonds. The Kier molecular flexibility index (Phi) is 6.74. The lowest BCUT2D eigenvalue weighted by Crippen LogP contribution is -2.13. The molecule has 0 heterocycles. The van der Waals surface area contributed by atoms with Crippen LogP contribution in [0.1, 0.15) is 11.1 Å².